The maximum absolute atomic E-state index is 14.1. The van der Waals surface area contributed by atoms with E-state index in [2.05, 4.69) is 4.99 Å². The van der Waals surface area contributed by atoms with Crippen LogP contribution in [0.1, 0.15) is 31.0 Å². The molecule has 3 aromatic carbocycles. The van der Waals surface area contributed by atoms with Crippen molar-refractivity contribution < 1.29 is 23.7 Å². The fourth-order valence-corrected chi connectivity index (χ4v) is 5.89. The van der Waals surface area contributed by atoms with Gasteiger partial charge in [0.05, 0.1) is 43.7 Å². The molecule has 0 unspecified atom stereocenters. The summed E-state index contributed by atoms with van der Waals surface area (Å²) in [7, 11) is 4.70. The van der Waals surface area contributed by atoms with Crippen LogP contribution in [0, 0.1) is 0 Å². The van der Waals surface area contributed by atoms with E-state index >= 15 is 0 Å². The summed E-state index contributed by atoms with van der Waals surface area (Å²) in [5, 5.41) is 1.98. The van der Waals surface area contributed by atoms with E-state index in [4.69, 9.17) is 18.9 Å². The van der Waals surface area contributed by atoms with Gasteiger partial charge in [0.2, 0.25) is 0 Å². The Bertz CT molecular complexity index is 1800. The number of hydrogen-bond donors (Lipinski definition) is 0. The number of thiazole rings is 1. The number of ether oxygens (including phenoxy) is 4. The van der Waals surface area contributed by atoms with Crippen molar-refractivity contribution in [2.24, 2.45) is 4.99 Å². The highest BCUT2D eigenvalue weighted by Gasteiger charge is 2.35. The smallest absolute Gasteiger partial charge is 0.338 e. The second-order valence-corrected chi connectivity index (χ2v) is 9.82. The van der Waals surface area contributed by atoms with E-state index in [1.807, 2.05) is 42.5 Å². The summed E-state index contributed by atoms with van der Waals surface area (Å²) in [4.78, 5) is 32.5. The van der Waals surface area contributed by atoms with Crippen molar-refractivity contribution >= 4 is 34.2 Å². The number of nitrogens with zero attached hydrogens (tertiary/aromatic N) is 2. The van der Waals surface area contributed by atoms with E-state index < -0.39 is 12.0 Å². The molecule has 200 valence electrons. The van der Waals surface area contributed by atoms with Gasteiger partial charge in [-0.1, -0.05) is 41.7 Å². The zero-order valence-electron chi connectivity index (χ0n) is 22.3. The van der Waals surface area contributed by atoms with E-state index in [-0.39, 0.29) is 17.7 Å². The molecule has 4 aromatic rings. The van der Waals surface area contributed by atoms with Crippen molar-refractivity contribution in [2.75, 3.05) is 27.9 Å². The predicted molar refractivity (Wildman–Crippen MR) is 150 cm³/mol. The second kappa shape index (κ2) is 10.8. The molecule has 0 fully saturated rings. The average Bonchev–Trinajstić information content (AvgIpc) is 3.26. The SMILES string of the molecule is CCOC(=O)C1=C(C)N=c2s/c(=C\c3c(OC)ccc4ccccc34)c(=O)n2[C@@H]1c1ccc(OC)cc1OC. The first-order valence-corrected chi connectivity index (χ1v) is 13.2. The number of carbonyl (C=O) groups excluding carboxylic acids is 1. The van der Waals surface area contributed by atoms with Crippen LogP contribution in [0.4, 0.5) is 0 Å². The van der Waals surface area contributed by atoms with Crippen LogP contribution in [0.2, 0.25) is 0 Å². The summed E-state index contributed by atoms with van der Waals surface area (Å²) in [5.74, 6) is 1.17. The van der Waals surface area contributed by atoms with Gasteiger partial charge < -0.3 is 18.9 Å². The molecule has 0 bridgehead atoms. The molecule has 1 aliphatic rings. The van der Waals surface area contributed by atoms with Crippen LogP contribution < -0.4 is 29.1 Å². The topological polar surface area (TPSA) is 88.4 Å². The maximum atomic E-state index is 14.1. The first-order chi connectivity index (χ1) is 18.9. The van der Waals surface area contributed by atoms with Crippen molar-refractivity contribution in [3.63, 3.8) is 0 Å². The summed E-state index contributed by atoms with van der Waals surface area (Å²) >= 11 is 1.26. The van der Waals surface area contributed by atoms with Crippen molar-refractivity contribution in [1.82, 2.24) is 4.57 Å². The first kappa shape index (κ1) is 26.2. The zero-order valence-corrected chi connectivity index (χ0v) is 23.1. The van der Waals surface area contributed by atoms with Crippen molar-refractivity contribution in [2.45, 2.75) is 19.9 Å². The molecule has 8 nitrogen and oxygen atoms in total. The van der Waals surface area contributed by atoms with Gasteiger partial charge in [0, 0.05) is 17.2 Å². The highest BCUT2D eigenvalue weighted by atomic mass is 32.1. The molecule has 5 rings (SSSR count). The molecule has 0 spiro atoms. The molecule has 2 heterocycles. The fourth-order valence-electron chi connectivity index (χ4n) is 4.86. The molecule has 0 radical (unpaired) electrons. The lowest BCUT2D eigenvalue weighted by Crippen LogP contribution is -2.40. The highest BCUT2D eigenvalue weighted by Crippen LogP contribution is 2.37. The molecule has 0 saturated heterocycles. The van der Waals surface area contributed by atoms with Gasteiger partial charge in [0.1, 0.15) is 23.3 Å². The van der Waals surface area contributed by atoms with Gasteiger partial charge in [-0.25, -0.2) is 9.79 Å². The quantitative estimate of drug-likeness (QED) is 0.327. The Morgan fingerprint density at radius 3 is 2.51 bits per heavy atom. The van der Waals surface area contributed by atoms with Crippen LogP contribution in [0.3, 0.4) is 0 Å². The normalized spacial score (nSPS) is 15.1. The van der Waals surface area contributed by atoms with E-state index in [9.17, 15) is 9.59 Å². The van der Waals surface area contributed by atoms with Crippen molar-refractivity contribution in [3.8, 4) is 17.2 Å². The molecule has 0 aliphatic carbocycles. The van der Waals surface area contributed by atoms with Crippen LogP contribution in [-0.2, 0) is 9.53 Å². The summed E-state index contributed by atoms with van der Waals surface area (Å²) < 4.78 is 24.1. The Labute approximate surface area is 229 Å². The molecule has 1 aliphatic heterocycles. The zero-order chi connectivity index (χ0) is 27.7. The number of methoxy groups -OCH3 is 3. The molecule has 9 heteroatoms. The molecule has 0 N–H and O–H groups in total. The first-order valence-electron chi connectivity index (χ1n) is 12.4. The number of aromatic nitrogens is 1. The Balaban J connectivity index is 1.80. The third-order valence-electron chi connectivity index (χ3n) is 6.68. The van der Waals surface area contributed by atoms with Crippen molar-refractivity contribution in [1.29, 1.82) is 0 Å². The highest BCUT2D eigenvalue weighted by molar-refractivity contribution is 7.07. The minimum atomic E-state index is -0.808. The number of fused-ring (bicyclic) bond motifs is 2. The Hall–Kier alpha value is -4.37. The molecule has 1 aromatic heterocycles. The largest absolute Gasteiger partial charge is 0.497 e. The molecule has 39 heavy (non-hydrogen) atoms. The van der Waals surface area contributed by atoms with Gasteiger partial charge in [-0.15, -0.1) is 0 Å². The number of hydrogen-bond acceptors (Lipinski definition) is 8. The number of benzene rings is 3. The van der Waals surface area contributed by atoms with E-state index in [1.165, 1.54) is 23.0 Å². The van der Waals surface area contributed by atoms with Crippen molar-refractivity contribution in [3.05, 3.63) is 96.7 Å². The predicted octanol–water partition coefficient (Wildman–Crippen LogP) is 3.98. The lowest BCUT2D eigenvalue weighted by Gasteiger charge is -2.26. The average molecular weight is 545 g/mol. The standard InChI is InChI=1S/C30H28N2O6S/c1-6-38-29(34)26-17(2)31-30-32(27(26)21-13-12-19(35-3)15-24(21)37-5)28(33)25(39-30)16-22-20-10-8-7-9-18(20)11-14-23(22)36-4/h7-16,27H,6H2,1-5H3/b25-16-/t27-/m1/s1. The number of esters is 1. The third-order valence-corrected chi connectivity index (χ3v) is 7.66. The van der Waals surface area contributed by atoms with Gasteiger partial charge in [0.15, 0.2) is 4.80 Å². The number of allylic oxidation sites excluding steroid dienone is 1. The summed E-state index contributed by atoms with van der Waals surface area (Å²) in [6, 6.07) is 16.3. The van der Waals surface area contributed by atoms with Gasteiger partial charge in [-0.3, -0.25) is 9.36 Å². The van der Waals surface area contributed by atoms with Gasteiger partial charge in [-0.2, -0.15) is 0 Å². The van der Waals surface area contributed by atoms with Crippen LogP contribution in [0.5, 0.6) is 17.2 Å². The van der Waals surface area contributed by atoms with Crippen LogP contribution in [0.25, 0.3) is 16.8 Å². The van der Waals surface area contributed by atoms with Gasteiger partial charge in [-0.05, 0) is 48.9 Å². The molecule has 1 atom stereocenters. The van der Waals surface area contributed by atoms with Crippen LogP contribution in [-0.4, -0.2) is 38.5 Å². The molecular formula is C30H28N2O6S. The van der Waals surface area contributed by atoms with Gasteiger partial charge >= 0.3 is 5.97 Å². The monoisotopic (exact) mass is 544 g/mol. The lowest BCUT2D eigenvalue weighted by molar-refractivity contribution is -0.139. The lowest BCUT2D eigenvalue weighted by atomic mass is 9.95. The summed E-state index contributed by atoms with van der Waals surface area (Å²) in [5.41, 5.74) is 1.88. The summed E-state index contributed by atoms with van der Waals surface area (Å²) in [6.45, 7) is 3.68. The second-order valence-electron chi connectivity index (χ2n) is 8.81. The maximum Gasteiger partial charge on any atom is 0.338 e. The minimum absolute atomic E-state index is 0.188. The Kier molecular flexibility index (Phi) is 7.26. The summed E-state index contributed by atoms with van der Waals surface area (Å²) in [6.07, 6.45) is 1.83. The van der Waals surface area contributed by atoms with Gasteiger partial charge in [0.25, 0.3) is 5.56 Å². The van der Waals surface area contributed by atoms with Crippen LogP contribution in [0.15, 0.2) is 75.7 Å². The van der Waals surface area contributed by atoms with E-state index in [0.717, 1.165) is 16.3 Å². The van der Waals surface area contributed by atoms with E-state index in [0.29, 0.717) is 37.8 Å². The Morgan fingerprint density at radius 2 is 1.79 bits per heavy atom. The molecule has 0 amide bonds. The number of carbonyl (C=O) groups is 1. The number of rotatable bonds is 7. The van der Waals surface area contributed by atoms with E-state index in [1.54, 1.807) is 46.3 Å². The minimum Gasteiger partial charge on any atom is -0.497 e. The fraction of sp³-hybridized carbons (Fsp3) is 0.233. The third kappa shape index (κ3) is 4.59. The molecule has 0 saturated carbocycles. The van der Waals surface area contributed by atoms with Crippen LogP contribution >= 0.6 is 11.3 Å². The Morgan fingerprint density at radius 1 is 1.03 bits per heavy atom. The molecular weight excluding hydrogens is 516 g/mol.